The Labute approximate surface area is 120 Å². The van der Waals surface area contributed by atoms with Crippen LogP contribution in [-0.2, 0) is 0 Å². The second-order valence-electron chi connectivity index (χ2n) is 4.28. The number of amides is 1. The monoisotopic (exact) mass is 334 g/mol. The van der Waals surface area contributed by atoms with E-state index < -0.39 is 0 Å². The quantitative estimate of drug-likeness (QED) is 0.796. The highest BCUT2D eigenvalue weighted by Crippen LogP contribution is 2.19. The highest BCUT2D eigenvalue weighted by molar-refractivity contribution is 9.09. The fourth-order valence-electron chi connectivity index (χ4n) is 2.13. The van der Waals surface area contributed by atoms with Crippen molar-refractivity contribution in [2.75, 3.05) is 38.1 Å². The summed E-state index contributed by atoms with van der Waals surface area (Å²) in [6, 6.07) is 1.63. The molecule has 1 aliphatic rings. The molecule has 1 saturated heterocycles. The first-order valence-corrected chi connectivity index (χ1v) is 7.53. The molecule has 18 heavy (non-hydrogen) atoms. The van der Waals surface area contributed by atoms with Crippen molar-refractivity contribution in [1.82, 2.24) is 9.80 Å². The normalized spacial score (nSPS) is 17.8. The molecule has 100 valence electrons. The second-order valence-corrected chi connectivity index (χ2v) is 5.42. The summed E-state index contributed by atoms with van der Waals surface area (Å²) in [4.78, 5) is 16.5. The SMILES string of the molecule is O=C(c1ccoc1Cl)N1CCCN(CCBr)CC1. The lowest BCUT2D eigenvalue weighted by atomic mass is 10.3. The third-order valence-corrected chi connectivity index (χ3v) is 3.77. The lowest BCUT2D eigenvalue weighted by Crippen LogP contribution is -2.35. The van der Waals surface area contributed by atoms with Gasteiger partial charge in [0.2, 0.25) is 5.22 Å². The van der Waals surface area contributed by atoms with Gasteiger partial charge < -0.3 is 14.2 Å². The van der Waals surface area contributed by atoms with Gasteiger partial charge in [0.25, 0.3) is 5.91 Å². The number of halogens is 2. The van der Waals surface area contributed by atoms with Gasteiger partial charge in [-0.25, -0.2) is 0 Å². The molecule has 1 aromatic rings. The van der Waals surface area contributed by atoms with Crippen molar-refractivity contribution in [3.63, 3.8) is 0 Å². The summed E-state index contributed by atoms with van der Waals surface area (Å²) in [5.74, 6) is -0.0329. The van der Waals surface area contributed by atoms with Crippen molar-refractivity contribution in [1.29, 1.82) is 0 Å². The molecule has 0 radical (unpaired) electrons. The molecule has 4 nitrogen and oxygen atoms in total. The topological polar surface area (TPSA) is 36.7 Å². The first-order valence-electron chi connectivity index (χ1n) is 6.03. The van der Waals surface area contributed by atoms with Crippen LogP contribution < -0.4 is 0 Å². The number of carbonyl (C=O) groups excluding carboxylic acids is 1. The Kier molecular flexibility index (Phi) is 5.09. The molecule has 0 aromatic carbocycles. The van der Waals surface area contributed by atoms with Crippen LogP contribution in [0.25, 0.3) is 0 Å². The molecule has 0 unspecified atom stereocenters. The summed E-state index contributed by atoms with van der Waals surface area (Å²) in [7, 11) is 0. The zero-order valence-electron chi connectivity index (χ0n) is 10.1. The van der Waals surface area contributed by atoms with E-state index in [0.717, 1.165) is 44.5 Å². The molecule has 0 bridgehead atoms. The number of carbonyl (C=O) groups is 1. The first-order chi connectivity index (χ1) is 8.72. The molecule has 0 atom stereocenters. The van der Waals surface area contributed by atoms with Gasteiger partial charge in [-0.05, 0) is 30.6 Å². The number of furan rings is 1. The highest BCUT2D eigenvalue weighted by atomic mass is 79.9. The summed E-state index contributed by atoms with van der Waals surface area (Å²) in [5, 5.41) is 1.15. The number of nitrogens with zero attached hydrogens (tertiary/aromatic N) is 2. The second kappa shape index (κ2) is 6.59. The van der Waals surface area contributed by atoms with Crippen LogP contribution in [0, 0.1) is 0 Å². The maximum atomic E-state index is 12.3. The van der Waals surface area contributed by atoms with Gasteiger partial charge in [0.15, 0.2) is 0 Å². The summed E-state index contributed by atoms with van der Waals surface area (Å²) >= 11 is 9.29. The van der Waals surface area contributed by atoms with Crippen LogP contribution in [-0.4, -0.2) is 53.8 Å². The van der Waals surface area contributed by atoms with Crippen LogP contribution in [0.3, 0.4) is 0 Å². The predicted octanol–water partition coefficient (Wildman–Crippen LogP) is 2.48. The van der Waals surface area contributed by atoms with Gasteiger partial charge in [0.1, 0.15) is 0 Å². The molecule has 1 amide bonds. The first kappa shape index (κ1) is 13.9. The molecule has 2 heterocycles. The van der Waals surface area contributed by atoms with Gasteiger partial charge in [0, 0.05) is 31.5 Å². The van der Waals surface area contributed by atoms with E-state index >= 15 is 0 Å². The van der Waals surface area contributed by atoms with E-state index in [1.165, 1.54) is 6.26 Å². The Morgan fingerprint density at radius 3 is 2.89 bits per heavy atom. The largest absolute Gasteiger partial charge is 0.452 e. The van der Waals surface area contributed by atoms with Crippen molar-refractivity contribution in [2.24, 2.45) is 0 Å². The van der Waals surface area contributed by atoms with Gasteiger partial charge in [0.05, 0.1) is 11.8 Å². The van der Waals surface area contributed by atoms with Gasteiger partial charge in [-0.3, -0.25) is 4.79 Å². The summed E-state index contributed by atoms with van der Waals surface area (Å²) in [5.41, 5.74) is 0.464. The molecule has 0 N–H and O–H groups in total. The summed E-state index contributed by atoms with van der Waals surface area (Å²) < 4.78 is 4.97. The predicted molar refractivity (Wildman–Crippen MR) is 74.5 cm³/mol. The van der Waals surface area contributed by atoms with E-state index in [-0.39, 0.29) is 11.1 Å². The Hall–Kier alpha value is -0.520. The van der Waals surface area contributed by atoms with Crippen molar-refractivity contribution in [3.8, 4) is 0 Å². The Balaban J connectivity index is 1.98. The van der Waals surface area contributed by atoms with E-state index in [2.05, 4.69) is 20.8 Å². The van der Waals surface area contributed by atoms with E-state index in [0.29, 0.717) is 5.56 Å². The van der Waals surface area contributed by atoms with Crippen LogP contribution in [0.5, 0.6) is 0 Å². The number of hydrogen-bond donors (Lipinski definition) is 0. The average Bonchev–Trinajstić information content (AvgIpc) is 2.64. The molecule has 1 fully saturated rings. The lowest BCUT2D eigenvalue weighted by Gasteiger charge is -2.21. The maximum absolute atomic E-state index is 12.3. The molecular weight excluding hydrogens is 320 g/mol. The van der Waals surface area contributed by atoms with Gasteiger partial charge in [-0.2, -0.15) is 0 Å². The molecule has 1 aliphatic heterocycles. The number of rotatable bonds is 3. The molecular formula is C12H16BrClN2O2. The standard InChI is InChI=1S/C12H16BrClN2O2/c13-3-6-15-4-1-5-16(8-7-15)12(17)10-2-9-18-11(10)14/h2,9H,1,3-8H2. The summed E-state index contributed by atoms with van der Waals surface area (Å²) in [6.45, 7) is 4.49. The minimum Gasteiger partial charge on any atom is -0.452 e. The average molecular weight is 336 g/mol. The molecule has 1 aromatic heterocycles. The van der Waals surface area contributed by atoms with Crippen LogP contribution in [0.1, 0.15) is 16.8 Å². The fourth-order valence-corrected chi connectivity index (χ4v) is 2.83. The van der Waals surface area contributed by atoms with Crippen molar-refractivity contribution >= 4 is 33.4 Å². The van der Waals surface area contributed by atoms with Crippen molar-refractivity contribution < 1.29 is 9.21 Å². The van der Waals surface area contributed by atoms with E-state index in [1.54, 1.807) is 6.07 Å². The van der Waals surface area contributed by atoms with Gasteiger partial charge >= 0.3 is 0 Å². The maximum Gasteiger partial charge on any atom is 0.258 e. The lowest BCUT2D eigenvalue weighted by molar-refractivity contribution is 0.0761. The van der Waals surface area contributed by atoms with Gasteiger partial charge in [-0.1, -0.05) is 15.9 Å². The third-order valence-electron chi connectivity index (χ3n) is 3.12. The summed E-state index contributed by atoms with van der Waals surface area (Å²) in [6.07, 6.45) is 2.44. The Morgan fingerprint density at radius 1 is 1.39 bits per heavy atom. The minimum absolute atomic E-state index is 0.0329. The van der Waals surface area contributed by atoms with Crippen molar-refractivity contribution in [3.05, 3.63) is 23.1 Å². The highest BCUT2D eigenvalue weighted by Gasteiger charge is 2.22. The van der Waals surface area contributed by atoms with E-state index in [9.17, 15) is 4.79 Å². The van der Waals surface area contributed by atoms with E-state index in [4.69, 9.17) is 16.0 Å². The van der Waals surface area contributed by atoms with Crippen LogP contribution >= 0.6 is 27.5 Å². The molecule has 2 rings (SSSR count). The molecule has 6 heteroatoms. The third kappa shape index (κ3) is 3.28. The Bertz CT molecular complexity index is 411. The zero-order chi connectivity index (χ0) is 13.0. The number of hydrogen-bond acceptors (Lipinski definition) is 3. The Morgan fingerprint density at radius 2 is 2.22 bits per heavy atom. The van der Waals surface area contributed by atoms with Crippen LogP contribution in [0.4, 0.5) is 0 Å². The van der Waals surface area contributed by atoms with E-state index in [1.807, 2.05) is 4.90 Å². The van der Waals surface area contributed by atoms with Gasteiger partial charge in [-0.15, -0.1) is 0 Å². The molecule has 0 aliphatic carbocycles. The van der Waals surface area contributed by atoms with Crippen LogP contribution in [0.2, 0.25) is 5.22 Å². The smallest absolute Gasteiger partial charge is 0.258 e. The fraction of sp³-hybridized carbons (Fsp3) is 0.583. The molecule has 0 spiro atoms. The molecule has 0 saturated carbocycles. The zero-order valence-corrected chi connectivity index (χ0v) is 12.4. The number of alkyl halides is 1. The van der Waals surface area contributed by atoms with Crippen LogP contribution in [0.15, 0.2) is 16.7 Å². The van der Waals surface area contributed by atoms with Crippen molar-refractivity contribution in [2.45, 2.75) is 6.42 Å². The minimum atomic E-state index is -0.0329.